The maximum atomic E-state index is 12.5. The van der Waals surface area contributed by atoms with Crippen molar-refractivity contribution >= 4 is 11.6 Å². The van der Waals surface area contributed by atoms with E-state index in [2.05, 4.69) is 12.6 Å². The lowest BCUT2D eigenvalue weighted by Crippen LogP contribution is -2.42. The summed E-state index contributed by atoms with van der Waals surface area (Å²) in [6.07, 6.45) is 1.70. The molecule has 1 unspecified atom stereocenters. The van der Waals surface area contributed by atoms with Crippen LogP contribution in [0.2, 0.25) is 0 Å². The summed E-state index contributed by atoms with van der Waals surface area (Å²) < 4.78 is 10.5. The Balaban J connectivity index is 2.14. The third-order valence-corrected chi connectivity index (χ3v) is 3.80. The summed E-state index contributed by atoms with van der Waals surface area (Å²) in [5.41, 5.74) is -0.220. The van der Waals surface area contributed by atoms with Crippen molar-refractivity contribution < 1.29 is 13.9 Å². The summed E-state index contributed by atoms with van der Waals surface area (Å²) in [4.78, 5) is 14.0. The topological polar surface area (TPSA) is 66.5 Å². The van der Waals surface area contributed by atoms with Gasteiger partial charge in [-0.2, -0.15) is 5.26 Å². The molecule has 22 heavy (non-hydrogen) atoms. The fourth-order valence-corrected chi connectivity index (χ4v) is 2.72. The van der Waals surface area contributed by atoms with E-state index in [1.807, 2.05) is 0 Å². The fourth-order valence-electron chi connectivity index (χ4n) is 2.72. The molecule has 5 heteroatoms. The highest BCUT2D eigenvalue weighted by molar-refractivity contribution is 6.10. The number of ether oxygens (including phenoxy) is 1. The second kappa shape index (κ2) is 5.08. The zero-order valence-electron chi connectivity index (χ0n) is 12.1. The third-order valence-electron chi connectivity index (χ3n) is 3.80. The van der Waals surface area contributed by atoms with Gasteiger partial charge in [0, 0.05) is 17.7 Å². The van der Waals surface area contributed by atoms with Gasteiger partial charge in [0.05, 0.1) is 13.4 Å². The maximum Gasteiger partial charge on any atom is 0.255 e. The van der Waals surface area contributed by atoms with Gasteiger partial charge in [-0.3, -0.25) is 9.69 Å². The van der Waals surface area contributed by atoms with Gasteiger partial charge in [0.2, 0.25) is 0 Å². The fraction of sp³-hybridized carbons (Fsp3) is 0.176. The lowest BCUT2D eigenvalue weighted by molar-refractivity contribution is -0.114. The Morgan fingerprint density at radius 1 is 1.36 bits per heavy atom. The number of hydrogen-bond acceptors (Lipinski definition) is 4. The first-order chi connectivity index (χ1) is 10.6. The van der Waals surface area contributed by atoms with Gasteiger partial charge in [-0.05, 0) is 36.4 Å². The van der Waals surface area contributed by atoms with Gasteiger partial charge in [0.15, 0.2) is 5.54 Å². The number of amides is 1. The van der Waals surface area contributed by atoms with Crippen LogP contribution in [0.4, 0.5) is 5.69 Å². The van der Waals surface area contributed by atoms with Gasteiger partial charge in [-0.25, -0.2) is 0 Å². The van der Waals surface area contributed by atoms with Gasteiger partial charge in [-0.1, -0.05) is 6.58 Å². The lowest BCUT2D eigenvalue weighted by Gasteiger charge is -2.30. The van der Waals surface area contributed by atoms with Gasteiger partial charge in [0.1, 0.15) is 17.6 Å². The van der Waals surface area contributed by atoms with E-state index in [9.17, 15) is 10.1 Å². The van der Waals surface area contributed by atoms with Crippen LogP contribution in [0.15, 0.2) is 59.2 Å². The summed E-state index contributed by atoms with van der Waals surface area (Å²) in [6, 6.07) is 12.6. The summed E-state index contributed by atoms with van der Waals surface area (Å²) in [7, 11) is 1.57. The highest BCUT2D eigenvalue weighted by Crippen LogP contribution is 2.44. The summed E-state index contributed by atoms with van der Waals surface area (Å²) >= 11 is 0. The van der Waals surface area contributed by atoms with Crippen LogP contribution in [0.3, 0.4) is 0 Å². The number of carbonyl (C=O) groups is 1. The van der Waals surface area contributed by atoms with Crippen molar-refractivity contribution in [1.82, 2.24) is 0 Å². The molecule has 1 fully saturated rings. The summed E-state index contributed by atoms with van der Waals surface area (Å²) in [6.45, 7) is 3.79. The van der Waals surface area contributed by atoms with E-state index < -0.39 is 5.54 Å². The number of nitriles is 1. The summed E-state index contributed by atoms with van der Waals surface area (Å²) in [5.74, 6) is 0.829. The monoisotopic (exact) mass is 294 g/mol. The van der Waals surface area contributed by atoms with Crippen LogP contribution in [-0.2, 0) is 10.3 Å². The minimum absolute atomic E-state index is 0.210. The second-order valence-corrected chi connectivity index (χ2v) is 5.07. The molecule has 0 N–H and O–H groups in total. The van der Waals surface area contributed by atoms with Crippen molar-refractivity contribution in [3.63, 3.8) is 0 Å². The lowest BCUT2D eigenvalue weighted by atomic mass is 9.93. The van der Waals surface area contributed by atoms with E-state index in [1.54, 1.807) is 43.5 Å². The molecule has 1 aromatic heterocycles. The number of benzene rings is 1. The Morgan fingerprint density at radius 2 is 2.09 bits per heavy atom. The molecule has 0 spiro atoms. The first kappa shape index (κ1) is 14.0. The molecule has 110 valence electrons. The average Bonchev–Trinajstić information content (AvgIpc) is 3.16. The second-order valence-electron chi connectivity index (χ2n) is 5.07. The molecule has 1 saturated heterocycles. The van der Waals surface area contributed by atoms with E-state index in [0.717, 1.165) is 0 Å². The first-order valence-electron chi connectivity index (χ1n) is 6.74. The molecule has 0 radical (unpaired) electrons. The average molecular weight is 294 g/mol. The Hall–Kier alpha value is -3.00. The molecule has 1 aromatic carbocycles. The molecule has 2 aromatic rings. The normalized spacial score (nSPS) is 21.0. The molecule has 0 saturated carbocycles. The zero-order chi connectivity index (χ0) is 15.7. The molecule has 1 atom stereocenters. The maximum absolute atomic E-state index is 12.5. The van der Waals surface area contributed by atoms with Crippen LogP contribution >= 0.6 is 0 Å². The van der Waals surface area contributed by atoms with E-state index >= 15 is 0 Å². The molecule has 0 aliphatic carbocycles. The largest absolute Gasteiger partial charge is 0.497 e. The molecular formula is C17H14N2O3. The van der Waals surface area contributed by atoms with E-state index in [1.165, 1.54) is 11.2 Å². The standard InChI is InChI=1S/C17H14N2O3/c1-12-10-17(11-18,15-4-3-9-22-15)19(16(12)20)13-5-7-14(21-2)8-6-13/h3-9H,1,10H2,2H3. The van der Waals surface area contributed by atoms with Gasteiger partial charge < -0.3 is 9.15 Å². The highest BCUT2D eigenvalue weighted by Gasteiger charge is 2.52. The van der Waals surface area contributed by atoms with Crippen LogP contribution in [0, 0.1) is 11.3 Å². The smallest absolute Gasteiger partial charge is 0.255 e. The number of methoxy groups -OCH3 is 1. The van der Waals surface area contributed by atoms with Crippen molar-refractivity contribution in [2.24, 2.45) is 0 Å². The van der Waals surface area contributed by atoms with E-state index in [4.69, 9.17) is 9.15 Å². The Kier molecular flexibility index (Phi) is 3.22. The third kappa shape index (κ3) is 1.89. The number of furan rings is 1. The van der Waals surface area contributed by atoms with Crippen molar-refractivity contribution in [3.8, 4) is 11.8 Å². The highest BCUT2D eigenvalue weighted by atomic mass is 16.5. The molecule has 5 nitrogen and oxygen atoms in total. The van der Waals surface area contributed by atoms with E-state index in [-0.39, 0.29) is 12.3 Å². The Bertz CT molecular complexity index is 756. The van der Waals surface area contributed by atoms with Crippen molar-refractivity contribution in [2.45, 2.75) is 12.0 Å². The van der Waals surface area contributed by atoms with Gasteiger partial charge in [0.25, 0.3) is 5.91 Å². The predicted molar refractivity (Wildman–Crippen MR) is 80.2 cm³/mol. The molecule has 2 heterocycles. The van der Waals surface area contributed by atoms with Crippen molar-refractivity contribution in [1.29, 1.82) is 5.26 Å². The molecule has 1 aliphatic rings. The van der Waals surface area contributed by atoms with E-state index in [0.29, 0.717) is 22.8 Å². The number of rotatable bonds is 3. The van der Waals surface area contributed by atoms with Crippen molar-refractivity contribution in [3.05, 3.63) is 60.6 Å². The van der Waals surface area contributed by atoms with Gasteiger partial charge >= 0.3 is 0 Å². The summed E-state index contributed by atoms with van der Waals surface area (Å²) in [5, 5.41) is 9.79. The molecule has 3 rings (SSSR count). The van der Waals surface area contributed by atoms with Crippen LogP contribution in [0.5, 0.6) is 5.75 Å². The van der Waals surface area contributed by atoms with Gasteiger partial charge in [-0.15, -0.1) is 0 Å². The number of anilines is 1. The Morgan fingerprint density at radius 3 is 2.64 bits per heavy atom. The van der Waals surface area contributed by atoms with Crippen LogP contribution in [0.25, 0.3) is 0 Å². The molecular weight excluding hydrogens is 280 g/mol. The molecule has 0 bridgehead atoms. The van der Waals surface area contributed by atoms with Crippen LogP contribution in [-0.4, -0.2) is 13.0 Å². The minimum Gasteiger partial charge on any atom is -0.497 e. The van der Waals surface area contributed by atoms with Crippen molar-refractivity contribution in [2.75, 3.05) is 12.0 Å². The first-order valence-corrected chi connectivity index (χ1v) is 6.74. The van der Waals surface area contributed by atoms with Crippen LogP contribution < -0.4 is 9.64 Å². The SMILES string of the molecule is C=C1CC(C#N)(c2ccco2)N(c2ccc(OC)cc2)C1=O. The minimum atomic E-state index is -1.20. The number of carbonyl (C=O) groups excluding carboxylic acids is 1. The predicted octanol–water partition coefficient (Wildman–Crippen LogP) is 3.00. The quantitative estimate of drug-likeness (QED) is 0.816. The zero-order valence-corrected chi connectivity index (χ0v) is 12.1. The Labute approximate surface area is 128 Å². The molecule has 1 amide bonds. The number of nitrogens with zero attached hydrogens (tertiary/aromatic N) is 2. The number of hydrogen-bond donors (Lipinski definition) is 0. The molecule has 1 aliphatic heterocycles. The van der Waals surface area contributed by atoms with Crippen LogP contribution in [0.1, 0.15) is 12.2 Å².